The molecule has 1 fully saturated rings. The molecule has 1 aromatic carbocycles. The molecule has 0 aliphatic heterocycles. The zero-order valence-corrected chi connectivity index (χ0v) is 14.1. The van der Waals surface area contributed by atoms with Crippen LogP contribution in [0.2, 0.25) is 0 Å². The highest BCUT2D eigenvalue weighted by Crippen LogP contribution is 2.26. The van der Waals surface area contributed by atoms with Gasteiger partial charge < -0.3 is 10.6 Å². The maximum absolute atomic E-state index is 12.4. The fourth-order valence-electron chi connectivity index (χ4n) is 3.40. The lowest BCUT2D eigenvalue weighted by atomic mass is 9.84. The number of hydrogen-bond acceptors (Lipinski definition) is 2. The lowest BCUT2D eigenvalue weighted by molar-refractivity contribution is -0.123. The minimum atomic E-state index is -0.150. The van der Waals surface area contributed by atoms with E-state index in [2.05, 4.69) is 17.6 Å². The molecule has 1 aliphatic rings. The first-order valence-corrected chi connectivity index (χ1v) is 8.69. The van der Waals surface area contributed by atoms with Gasteiger partial charge in [-0.1, -0.05) is 49.6 Å². The summed E-state index contributed by atoms with van der Waals surface area (Å²) in [5.74, 6) is 0.801. The molecule has 2 rings (SSSR count). The average molecular weight is 302 g/mol. The highest BCUT2D eigenvalue weighted by Gasteiger charge is 2.24. The van der Waals surface area contributed by atoms with Gasteiger partial charge in [0.05, 0.1) is 12.1 Å². The van der Waals surface area contributed by atoms with Crippen molar-refractivity contribution >= 4 is 5.91 Å². The quantitative estimate of drug-likeness (QED) is 0.839. The summed E-state index contributed by atoms with van der Waals surface area (Å²) >= 11 is 0. The van der Waals surface area contributed by atoms with E-state index in [0.717, 1.165) is 11.5 Å². The Labute approximate surface area is 134 Å². The van der Waals surface area contributed by atoms with Crippen LogP contribution in [0.25, 0.3) is 0 Å². The van der Waals surface area contributed by atoms with Crippen LogP contribution in [-0.2, 0) is 4.79 Å². The van der Waals surface area contributed by atoms with Gasteiger partial charge in [0.25, 0.3) is 0 Å². The van der Waals surface area contributed by atoms with Crippen LogP contribution < -0.4 is 10.6 Å². The van der Waals surface area contributed by atoms with E-state index in [-0.39, 0.29) is 18.0 Å². The van der Waals surface area contributed by atoms with Crippen LogP contribution in [0.4, 0.5) is 0 Å². The van der Waals surface area contributed by atoms with E-state index in [1.54, 1.807) is 0 Å². The molecule has 1 amide bonds. The Hall–Kier alpha value is -1.35. The van der Waals surface area contributed by atoms with Gasteiger partial charge in [-0.05, 0) is 45.1 Å². The van der Waals surface area contributed by atoms with Crippen molar-refractivity contribution < 1.29 is 4.79 Å². The molecule has 0 unspecified atom stereocenters. The second-order valence-electron chi connectivity index (χ2n) is 6.72. The van der Waals surface area contributed by atoms with Crippen molar-refractivity contribution in [2.24, 2.45) is 5.92 Å². The molecule has 0 bridgehead atoms. The second kappa shape index (κ2) is 8.33. The zero-order chi connectivity index (χ0) is 15.9. The molecule has 122 valence electrons. The maximum Gasteiger partial charge on any atom is 0.237 e. The molecule has 3 nitrogen and oxygen atoms in total. The minimum absolute atomic E-state index is 0.0444. The van der Waals surface area contributed by atoms with Crippen molar-refractivity contribution in [1.82, 2.24) is 10.6 Å². The Balaban J connectivity index is 1.81. The zero-order valence-electron chi connectivity index (χ0n) is 14.1. The van der Waals surface area contributed by atoms with E-state index in [1.807, 2.05) is 44.2 Å². The van der Waals surface area contributed by atoms with Crippen molar-refractivity contribution in [3.8, 4) is 0 Å². The van der Waals surface area contributed by atoms with E-state index in [1.165, 1.54) is 32.1 Å². The van der Waals surface area contributed by atoms with Gasteiger partial charge in [-0.2, -0.15) is 0 Å². The first kappa shape index (κ1) is 17.0. The predicted molar refractivity (Wildman–Crippen MR) is 91.6 cm³/mol. The third-order valence-electron chi connectivity index (χ3n) is 4.92. The third-order valence-corrected chi connectivity index (χ3v) is 4.92. The van der Waals surface area contributed by atoms with E-state index >= 15 is 0 Å². The van der Waals surface area contributed by atoms with Crippen molar-refractivity contribution in [3.63, 3.8) is 0 Å². The van der Waals surface area contributed by atoms with Crippen LogP contribution in [-0.4, -0.2) is 18.0 Å². The summed E-state index contributed by atoms with van der Waals surface area (Å²) in [5, 5.41) is 6.60. The van der Waals surface area contributed by atoms with Crippen molar-refractivity contribution in [2.75, 3.05) is 0 Å². The Bertz CT molecular complexity index is 454. The molecule has 22 heavy (non-hydrogen) atoms. The second-order valence-corrected chi connectivity index (χ2v) is 6.72. The minimum Gasteiger partial charge on any atom is -0.348 e. The van der Waals surface area contributed by atoms with E-state index in [9.17, 15) is 4.79 Å². The third kappa shape index (κ3) is 4.84. The fourth-order valence-corrected chi connectivity index (χ4v) is 3.40. The lowest BCUT2D eigenvalue weighted by Gasteiger charge is -2.30. The first-order chi connectivity index (χ1) is 10.6. The summed E-state index contributed by atoms with van der Waals surface area (Å²) in [6.07, 6.45) is 6.63. The molecule has 2 N–H and O–H groups in total. The van der Waals surface area contributed by atoms with Crippen LogP contribution in [0.15, 0.2) is 30.3 Å². The molecule has 0 radical (unpaired) electrons. The van der Waals surface area contributed by atoms with Crippen LogP contribution in [0.5, 0.6) is 0 Å². The van der Waals surface area contributed by atoms with Gasteiger partial charge in [-0.25, -0.2) is 0 Å². The molecule has 1 aromatic rings. The van der Waals surface area contributed by atoms with E-state index in [0.29, 0.717) is 6.04 Å². The van der Waals surface area contributed by atoms with Gasteiger partial charge in [0.1, 0.15) is 0 Å². The predicted octanol–water partition coefficient (Wildman–Crippen LogP) is 3.81. The Morgan fingerprint density at radius 2 is 1.68 bits per heavy atom. The smallest absolute Gasteiger partial charge is 0.237 e. The number of hydrogen-bond donors (Lipinski definition) is 2. The largest absolute Gasteiger partial charge is 0.348 e. The number of carbonyl (C=O) groups is 1. The number of carbonyl (C=O) groups excluding carboxylic acids is 1. The van der Waals surface area contributed by atoms with Crippen LogP contribution in [0.1, 0.15) is 64.5 Å². The summed E-state index contributed by atoms with van der Waals surface area (Å²) < 4.78 is 0. The van der Waals surface area contributed by atoms with Crippen LogP contribution in [0.3, 0.4) is 0 Å². The number of rotatable bonds is 6. The van der Waals surface area contributed by atoms with Crippen molar-refractivity contribution in [3.05, 3.63) is 35.9 Å². The highest BCUT2D eigenvalue weighted by molar-refractivity contribution is 5.81. The Morgan fingerprint density at radius 3 is 2.32 bits per heavy atom. The Morgan fingerprint density at radius 1 is 1.05 bits per heavy atom. The van der Waals surface area contributed by atoms with Crippen molar-refractivity contribution in [2.45, 2.75) is 71.0 Å². The number of benzene rings is 1. The summed E-state index contributed by atoms with van der Waals surface area (Å²) in [6, 6.07) is 10.4. The fraction of sp³-hybridized carbons (Fsp3) is 0.632. The van der Waals surface area contributed by atoms with E-state index in [4.69, 9.17) is 0 Å². The van der Waals surface area contributed by atoms with Gasteiger partial charge >= 0.3 is 0 Å². The summed E-state index contributed by atoms with van der Waals surface area (Å²) in [4.78, 5) is 12.4. The SMILES string of the molecule is C[C@H](N[C@@H](C)C1CCCCC1)C(=O)N[C@H](C)c1ccccc1. The summed E-state index contributed by atoms with van der Waals surface area (Å²) in [5.41, 5.74) is 1.14. The molecule has 1 saturated carbocycles. The molecule has 1 aliphatic carbocycles. The summed E-state index contributed by atoms with van der Waals surface area (Å²) in [7, 11) is 0. The van der Waals surface area contributed by atoms with Crippen LogP contribution >= 0.6 is 0 Å². The standard InChI is InChI=1S/C19H30N2O/c1-14(17-10-6-4-7-11-17)20-16(3)19(22)21-15(2)18-12-8-5-9-13-18/h5,8-9,12-17,20H,4,6-7,10-11H2,1-3H3,(H,21,22)/t14-,15+,16-/m0/s1. The molecule has 0 spiro atoms. The highest BCUT2D eigenvalue weighted by atomic mass is 16.2. The van der Waals surface area contributed by atoms with Crippen molar-refractivity contribution in [1.29, 1.82) is 0 Å². The normalized spacial score (nSPS) is 20.1. The molecule has 3 heteroatoms. The number of nitrogens with one attached hydrogen (secondary N) is 2. The van der Waals surface area contributed by atoms with Crippen LogP contribution in [0, 0.1) is 5.92 Å². The van der Waals surface area contributed by atoms with Gasteiger partial charge in [-0.3, -0.25) is 4.79 Å². The molecule has 0 heterocycles. The van der Waals surface area contributed by atoms with Gasteiger partial charge in [0, 0.05) is 6.04 Å². The maximum atomic E-state index is 12.4. The molecule has 0 aromatic heterocycles. The van der Waals surface area contributed by atoms with Gasteiger partial charge in [0.15, 0.2) is 0 Å². The first-order valence-electron chi connectivity index (χ1n) is 8.69. The van der Waals surface area contributed by atoms with E-state index < -0.39 is 0 Å². The van der Waals surface area contributed by atoms with Gasteiger partial charge in [-0.15, -0.1) is 0 Å². The number of amides is 1. The monoisotopic (exact) mass is 302 g/mol. The average Bonchev–Trinajstić information content (AvgIpc) is 2.56. The molecular formula is C19H30N2O. The summed E-state index contributed by atoms with van der Waals surface area (Å²) in [6.45, 7) is 6.22. The Kier molecular flexibility index (Phi) is 6.44. The molecular weight excluding hydrogens is 272 g/mol. The molecule has 3 atom stereocenters. The lowest BCUT2D eigenvalue weighted by Crippen LogP contribution is -2.48. The van der Waals surface area contributed by atoms with Gasteiger partial charge in [0.2, 0.25) is 5.91 Å². The molecule has 0 saturated heterocycles. The topological polar surface area (TPSA) is 41.1 Å².